The molecular weight excluding hydrogens is 338 g/mol. The number of rotatable bonds is 2. The third-order valence-electron chi connectivity index (χ3n) is 4.34. The molecule has 1 fully saturated rings. The molecule has 130 valence electrons. The molecule has 1 unspecified atom stereocenters. The summed E-state index contributed by atoms with van der Waals surface area (Å²) in [4.78, 5) is 23.4. The molecule has 3 heterocycles. The fourth-order valence-corrected chi connectivity index (χ4v) is 4.06. The summed E-state index contributed by atoms with van der Waals surface area (Å²) in [6, 6.07) is 5.48. The molecule has 0 spiro atoms. The van der Waals surface area contributed by atoms with E-state index >= 15 is 0 Å². The van der Waals surface area contributed by atoms with E-state index in [-0.39, 0.29) is 12.1 Å². The Kier molecular flexibility index (Phi) is 4.12. The Balaban J connectivity index is 1.55. The Hall–Kier alpha value is -2.48. The van der Waals surface area contributed by atoms with Gasteiger partial charge in [0, 0.05) is 12.2 Å². The third kappa shape index (κ3) is 3.21. The van der Waals surface area contributed by atoms with Crippen LogP contribution in [0, 0.1) is 13.8 Å². The number of thiazole rings is 1. The van der Waals surface area contributed by atoms with Gasteiger partial charge in [0.25, 0.3) is 0 Å². The van der Waals surface area contributed by atoms with Gasteiger partial charge in [-0.05, 0) is 51.3 Å². The molecule has 8 heteroatoms. The van der Waals surface area contributed by atoms with E-state index < -0.39 is 0 Å². The Labute approximate surface area is 149 Å². The van der Waals surface area contributed by atoms with Crippen LogP contribution in [0.2, 0.25) is 0 Å². The van der Waals surface area contributed by atoms with Crippen molar-refractivity contribution >= 4 is 33.3 Å². The van der Waals surface area contributed by atoms with Gasteiger partial charge in [0.15, 0.2) is 5.82 Å². The second-order valence-electron chi connectivity index (χ2n) is 6.23. The number of nitrogens with zero attached hydrogens (tertiary/aromatic N) is 4. The Morgan fingerprint density at radius 1 is 1.32 bits per heavy atom. The number of hydrogen-bond acceptors (Lipinski definition) is 6. The van der Waals surface area contributed by atoms with E-state index in [0.717, 1.165) is 40.2 Å². The molecule has 1 saturated heterocycles. The summed E-state index contributed by atoms with van der Waals surface area (Å²) in [5.41, 5.74) is 1.73. The predicted octanol–water partition coefficient (Wildman–Crippen LogP) is 4.06. The van der Waals surface area contributed by atoms with Gasteiger partial charge in [-0.25, -0.2) is 9.78 Å². The first-order chi connectivity index (χ1) is 12.1. The zero-order chi connectivity index (χ0) is 17.4. The normalized spacial score (nSPS) is 17.8. The fraction of sp³-hybridized carbons (Fsp3) is 0.412. The van der Waals surface area contributed by atoms with Crippen LogP contribution in [0.4, 0.5) is 10.5 Å². The van der Waals surface area contributed by atoms with Crippen LogP contribution >= 0.6 is 11.3 Å². The average Bonchev–Trinajstić information content (AvgIpc) is 3.19. The van der Waals surface area contributed by atoms with Crippen LogP contribution in [-0.4, -0.2) is 32.6 Å². The van der Waals surface area contributed by atoms with Gasteiger partial charge in [0.1, 0.15) is 6.04 Å². The molecule has 25 heavy (non-hydrogen) atoms. The van der Waals surface area contributed by atoms with Crippen molar-refractivity contribution in [2.75, 3.05) is 11.9 Å². The lowest BCUT2D eigenvalue weighted by atomic mass is 10.0. The number of aromatic nitrogens is 3. The predicted molar refractivity (Wildman–Crippen MR) is 95.7 cm³/mol. The van der Waals surface area contributed by atoms with Crippen molar-refractivity contribution in [1.29, 1.82) is 0 Å². The van der Waals surface area contributed by atoms with Crippen molar-refractivity contribution in [3.63, 3.8) is 0 Å². The smallest absolute Gasteiger partial charge is 0.322 e. The number of urea groups is 1. The lowest BCUT2D eigenvalue weighted by molar-refractivity contribution is 0.142. The van der Waals surface area contributed by atoms with Crippen LogP contribution in [0.25, 0.3) is 10.2 Å². The van der Waals surface area contributed by atoms with Gasteiger partial charge in [-0.3, -0.25) is 0 Å². The first-order valence-corrected chi connectivity index (χ1v) is 9.17. The number of carbonyl (C=O) groups excluding carboxylic acids is 1. The molecule has 1 N–H and O–H groups in total. The fourth-order valence-electron chi connectivity index (χ4n) is 3.19. The molecule has 2 aromatic heterocycles. The average molecular weight is 357 g/mol. The summed E-state index contributed by atoms with van der Waals surface area (Å²) < 4.78 is 6.37. The third-order valence-corrected chi connectivity index (χ3v) is 5.27. The standard InChI is InChI=1S/C17H19N5O2S/c1-10-18-16(24-21-10)14-5-3-4-8-22(14)17(23)20-12-6-7-13-15(9-12)25-11(2)19-13/h6-7,9,14H,3-5,8H2,1-2H3,(H,20,23). The van der Waals surface area contributed by atoms with Crippen molar-refractivity contribution in [1.82, 2.24) is 20.0 Å². The lowest BCUT2D eigenvalue weighted by Gasteiger charge is -2.33. The van der Waals surface area contributed by atoms with Gasteiger partial charge < -0.3 is 14.7 Å². The maximum Gasteiger partial charge on any atom is 0.322 e. The highest BCUT2D eigenvalue weighted by molar-refractivity contribution is 7.18. The Morgan fingerprint density at radius 3 is 3.00 bits per heavy atom. The molecule has 3 aromatic rings. The largest absolute Gasteiger partial charge is 0.337 e. The summed E-state index contributed by atoms with van der Waals surface area (Å²) in [6.45, 7) is 4.44. The number of anilines is 1. The molecule has 1 atom stereocenters. The number of nitrogens with one attached hydrogen (secondary N) is 1. The number of aryl methyl sites for hydroxylation is 2. The van der Waals surface area contributed by atoms with Gasteiger partial charge in [0.2, 0.25) is 5.89 Å². The van der Waals surface area contributed by atoms with Crippen molar-refractivity contribution in [3.8, 4) is 0 Å². The summed E-state index contributed by atoms with van der Waals surface area (Å²) in [5, 5.41) is 7.87. The number of hydrogen-bond donors (Lipinski definition) is 1. The Morgan fingerprint density at radius 2 is 2.20 bits per heavy atom. The van der Waals surface area contributed by atoms with Gasteiger partial charge >= 0.3 is 6.03 Å². The molecular formula is C17H19N5O2S. The van der Waals surface area contributed by atoms with Crippen LogP contribution in [0.1, 0.15) is 42.0 Å². The van der Waals surface area contributed by atoms with E-state index in [1.54, 1.807) is 23.2 Å². The summed E-state index contributed by atoms with van der Waals surface area (Å²) >= 11 is 1.62. The second kappa shape index (κ2) is 6.44. The minimum absolute atomic E-state index is 0.138. The molecule has 1 aliphatic heterocycles. The zero-order valence-electron chi connectivity index (χ0n) is 14.2. The van der Waals surface area contributed by atoms with E-state index in [9.17, 15) is 4.79 Å². The first-order valence-electron chi connectivity index (χ1n) is 8.35. The number of benzene rings is 1. The second-order valence-corrected chi connectivity index (χ2v) is 7.47. The van der Waals surface area contributed by atoms with E-state index in [4.69, 9.17) is 4.52 Å². The van der Waals surface area contributed by atoms with Gasteiger partial charge in [-0.1, -0.05) is 5.16 Å². The van der Waals surface area contributed by atoms with E-state index in [2.05, 4.69) is 20.4 Å². The molecule has 2 amide bonds. The SMILES string of the molecule is Cc1noc(C2CCCCN2C(=O)Nc2ccc3nc(C)sc3c2)n1. The highest BCUT2D eigenvalue weighted by Crippen LogP contribution is 2.31. The molecule has 4 rings (SSSR count). The summed E-state index contributed by atoms with van der Waals surface area (Å²) in [7, 11) is 0. The highest BCUT2D eigenvalue weighted by atomic mass is 32.1. The number of likely N-dealkylation sites (tertiary alicyclic amines) is 1. The van der Waals surface area contributed by atoms with Crippen molar-refractivity contribution in [2.45, 2.75) is 39.2 Å². The van der Waals surface area contributed by atoms with Crippen LogP contribution in [0.3, 0.4) is 0 Å². The number of fused-ring (bicyclic) bond motifs is 1. The minimum atomic E-state index is -0.163. The Bertz CT molecular complexity index is 919. The van der Waals surface area contributed by atoms with Crippen molar-refractivity contribution < 1.29 is 9.32 Å². The molecule has 7 nitrogen and oxygen atoms in total. The van der Waals surface area contributed by atoms with E-state index in [1.165, 1.54) is 0 Å². The van der Waals surface area contributed by atoms with Crippen LogP contribution in [0.15, 0.2) is 22.7 Å². The molecule has 0 aliphatic carbocycles. The van der Waals surface area contributed by atoms with Crippen LogP contribution < -0.4 is 5.32 Å². The maximum atomic E-state index is 12.8. The van der Waals surface area contributed by atoms with E-state index in [1.807, 2.05) is 25.1 Å². The number of amides is 2. The molecule has 1 aliphatic rings. The molecule has 1 aromatic carbocycles. The van der Waals surface area contributed by atoms with Gasteiger partial charge in [0.05, 0.1) is 15.2 Å². The topological polar surface area (TPSA) is 84.2 Å². The lowest BCUT2D eigenvalue weighted by Crippen LogP contribution is -2.41. The summed E-state index contributed by atoms with van der Waals surface area (Å²) in [5.74, 6) is 1.10. The van der Waals surface area contributed by atoms with Crippen LogP contribution in [0.5, 0.6) is 0 Å². The maximum absolute atomic E-state index is 12.8. The number of piperidine rings is 1. The zero-order valence-corrected chi connectivity index (χ0v) is 15.0. The minimum Gasteiger partial charge on any atom is -0.337 e. The highest BCUT2D eigenvalue weighted by Gasteiger charge is 2.32. The van der Waals surface area contributed by atoms with Gasteiger partial charge in [-0.2, -0.15) is 4.98 Å². The van der Waals surface area contributed by atoms with Gasteiger partial charge in [-0.15, -0.1) is 11.3 Å². The van der Waals surface area contributed by atoms with Crippen molar-refractivity contribution in [2.24, 2.45) is 0 Å². The molecule has 0 saturated carbocycles. The monoisotopic (exact) mass is 357 g/mol. The van der Waals surface area contributed by atoms with E-state index in [0.29, 0.717) is 18.3 Å². The number of carbonyl (C=O) groups is 1. The molecule has 0 radical (unpaired) electrons. The summed E-state index contributed by atoms with van der Waals surface area (Å²) in [6.07, 6.45) is 2.86. The first kappa shape index (κ1) is 16.0. The quantitative estimate of drug-likeness (QED) is 0.748. The van der Waals surface area contributed by atoms with Crippen LogP contribution in [-0.2, 0) is 0 Å². The molecule has 0 bridgehead atoms. The van der Waals surface area contributed by atoms with Crippen molar-refractivity contribution in [3.05, 3.63) is 34.9 Å².